The minimum Gasteiger partial charge on any atom is -0.497 e. The van der Waals surface area contributed by atoms with Crippen LogP contribution in [0.15, 0.2) is 36.4 Å². The Morgan fingerprint density at radius 1 is 0.889 bits per heavy atom. The molecule has 94 valence electrons. The van der Waals surface area contributed by atoms with Crippen molar-refractivity contribution >= 4 is 11.4 Å². The van der Waals surface area contributed by atoms with Gasteiger partial charge in [0, 0.05) is 11.6 Å². The third-order valence-electron chi connectivity index (χ3n) is 2.80. The van der Waals surface area contributed by atoms with E-state index in [-0.39, 0.29) is 0 Å². The van der Waals surface area contributed by atoms with Crippen molar-refractivity contribution in [1.82, 2.24) is 0 Å². The van der Waals surface area contributed by atoms with Crippen LogP contribution in [-0.2, 0) is 0 Å². The molecule has 0 aliphatic heterocycles. The second kappa shape index (κ2) is 4.87. The summed E-state index contributed by atoms with van der Waals surface area (Å²) in [5, 5.41) is 0. The summed E-state index contributed by atoms with van der Waals surface area (Å²) in [5.41, 5.74) is 14.7. The van der Waals surface area contributed by atoms with Crippen LogP contribution in [-0.4, -0.2) is 14.2 Å². The maximum Gasteiger partial charge on any atom is 0.121 e. The van der Waals surface area contributed by atoms with Crippen LogP contribution >= 0.6 is 0 Å². The van der Waals surface area contributed by atoms with E-state index in [0.717, 1.165) is 16.9 Å². The Morgan fingerprint density at radius 2 is 1.61 bits per heavy atom. The number of rotatable bonds is 3. The quantitative estimate of drug-likeness (QED) is 0.814. The molecular formula is C14H16N2O2. The summed E-state index contributed by atoms with van der Waals surface area (Å²) in [6.45, 7) is 0. The predicted octanol–water partition coefficient (Wildman–Crippen LogP) is 2.54. The van der Waals surface area contributed by atoms with Gasteiger partial charge in [-0.1, -0.05) is 12.1 Å². The van der Waals surface area contributed by atoms with Crippen LogP contribution in [0.2, 0.25) is 0 Å². The number of anilines is 2. The lowest BCUT2D eigenvalue weighted by Gasteiger charge is -2.12. The maximum absolute atomic E-state index is 6.01. The molecule has 0 heterocycles. The molecule has 0 amide bonds. The van der Waals surface area contributed by atoms with Gasteiger partial charge in [0.05, 0.1) is 25.6 Å². The highest BCUT2D eigenvalue weighted by Crippen LogP contribution is 2.35. The molecule has 0 spiro atoms. The zero-order chi connectivity index (χ0) is 13.1. The highest BCUT2D eigenvalue weighted by atomic mass is 16.5. The lowest BCUT2D eigenvalue weighted by atomic mass is 10.0. The summed E-state index contributed by atoms with van der Waals surface area (Å²) >= 11 is 0. The van der Waals surface area contributed by atoms with Gasteiger partial charge in [-0.05, 0) is 23.8 Å². The van der Waals surface area contributed by atoms with E-state index in [1.165, 1.54) is 0 Å². The van der Waals surface area contributed by atoms with Crippen molar-refractivity contribution in [3.05, 3.63) is 36.4 Å². The van der Waals surface area contributed by atoms with Gasteiger partial charge in [0.2, 0.25) is 0 Å². The minimum atomic E-state index is 0.507. The van der Waals surface area contributed by atoms with Crippen molar-refractivity contribution in [3.8, 4) is 22.6 Å². The van der Waals surface area contributed by atoms with Gasteiger partial charge >= 0.3 is 0 Å². The summed E-state index contributed by atoms with van der Waals surface area (Å²) < 4.78 is 10.4. The van der Waals surface area contributed by atoms with Crippen LogP contribution in [0.3, 0.4) is 0 Å². The topological polar surface area (TPSA) is 70.5 Å². The number of nitrogen functional groups attached to an aromatic ring is 2. The molecule has 2 rings (SSSR count). The number of methoxy groups -OCH3 is 2. The molecule has 18 heavy (non-hydrogen) atoms. The van der Waals surface area contributed by atoms with Crippen LogP contribution in [0, 0.1) is 0 Å². The van der Waals surface area contributed by atoms with Gasteiger partial charge in [0.1, 0.15) is 11.5 Å². The molecule has 2 aromatic carbocycles. The van der Waals surface area contributed by atoms with E-state index in [9.17, 15) is 0 Å². The first kappa shape index (κ1) is 12.1. The van der Waals surface area contributed by atoms with E-state index < -0.39 is 0 Å². The number of ether oxygens (including phenoxy) is 2. The molecule has 0 aromatic heterocycles. The first-order valence-electron chi connectivity index (χ1n) is 5.53. The second-order valence-corrected chi connectivity index (χ2v) is 3.91. The van der Waals surface area contributed by atoms with E-state index >= 15 is 0 Å². The Kier molecular flexibility index (Phi) is 3.28. The van der Waals surface area contributed by atoms with Crippen molar-refractivity contribution in [2.75, 3.05) is 25.7 Å². The lowest BCUT2D eigenvalue weighted by molar-refractivity contribution is 0.414. The zero-order valence-corrected chi connectivity index (χ0v) is 10.4. The monoisotopic (exact) mass is 244 g/mol. The molecule has 0 atom stereocenters. The summed E-state index contributed by atoms with van der Waals surface area (Å²) in [5.74, 6) is 1.45. The van der Waals surface area contributed by atoms with Crippen molar-refractivity contribution in [1.29, 1.82) is 0 Å². The van der Waals surface area contributed by atoms with E-state index in [4.69, 9.17) is 20.9 Å². The number of benzene rings is 2. The number of hydrogen-bond donors (Lipinski definition) is 2. The normalized spacial score (nSPS) is 10.1. The van der Waals surface area contributed by atoms with E-state index in [1.807, 2.05) is 30.3 Å². The third kappa shape index (κ3) is 2.18. The Labute approximate surface area is 106 Å². The van der Waals surface area contributed by atoms with E-state index in [1.54, 1.807) is 20.3 Å². The summed E-state index contributed by atoms with van der Waals surface area (Å²) in [4.78, 5) is 0. The summed E-state index contributed by atoms with van der Waals surface area (Å²) in [6.07, 6.45) is 0. The third-order valence-corrected chi connectivity index (χ3v) is 2.80. The number of nitrogens with two attached hydrogens (primary N) is 2. The second-order valence-electron chi connectivity index (χ2n) is 3.91. The number of hydrogen-bond acceptors (Lipinski definition) is 4. The first-order chi connectivity index (χ1) is 8.65. The largest absolute Gasteiger partial charge is 0.497 e. The minimum absolute atomic E-state index is 0.507. The highest BCUT2D eigenvalue weighted by Gasteiger charge is 2.09. The molecule has 2 aromatic rings. The van der Waals surface area contributed by atoms with Gasteiger partial charge < -0.3 is 20.9 Å². The molecule has 4 N–H and O–H groups in total. The molecular weight excluding hydrogens is 228 g/mol. The van der Waals surface area contributed by atoms with Crippen LogP contribution in [0.4, 0.5) is 11.4 Å². The Hall–Kier alpha value is -2.36. The summed E-state index contributed by atoms with van der Waals surface area (Å²) in [6, 6.07) is 11.2. The molecule has 0 saturated carbocycles. The Morgan fingerprint density at radius 3 is 2.28 bits per heavy atom. The highest BCUT2D eigenvalue weighted by molar-refractivity contribution is 5.86. The Bertz CT molecular complexity index is 568. The van der Waals surface area contributed by atoms with Crippen molar-refractivity contribution in [2.24, 2.45) is 0 Å². The molecule has 0 fully saturated rings. The standard InChI is InChI=1S/C14H16N2O2/c1-17-10-5-3-4-9(6-10)12-7-11(18-2)8-13(15)14(12)16/h3-8H,15-16H2,1-2H3. The fourth-order valence-electron chi connectivity index (χ4n) is 1.80. The van der Waals surface area contributed by atoms with Crippen molar-refractivity contribution < 1.29 is 9.47 Å². The lowest BCUT2D eigenvalue weighted by Crippen LogP contribution is -1.98. The van der Waals surface area contributed by atoms with Crippen LogP contribution < -0.4 is 20.9 Å². The van der Waals surface area contributed by atoms with Gasteiger partial charge in [-0.3, -0.25) is 0 Å². The molecule has 4 nitrogen and oxygen atoms in total. The predicted molar refractivity (Wildman–Crippen MR) is 73.8 cm³/mol. The molecule has 0 bridgehead atoms. The maximum atomic E-state index is 6.01. The van der Waals surface area contributed by atoms with Gasteiger partial charge in [-0.15, -0.1) is 0 Å². The van der Waals surface area contributed by atoms with E-state index in [2.05, 4.69) is 0 Å². The average Bonchev–Trinajstić information content (AvgIpc) is 2.41. The summed E-state index contributed by atoms with van der Waals surface area (Å²) in [7, 11) is 3.22. The molecule has 4 heteroatoms. The van der Waals surface area contributed by atoms with Gasteiger partial charge in [0.15, 0.2) is 0 Å². The molecule has 0 radical (unpaired) electrons. The molecule has 0 aliphatic rings. The fourth-order valence-corrected chi connectivity index (χ4v) is 1.80. The average molecular weight is 244 g/mol. The van der Waals surface area contributed by atoms with E-state index in [0.29, 0.717) is 17.1 Å². The smallest absolute Gasteiger partial charge is 0.121 e. The molecule has 0 aliphatic carbocycles. The Balaban J connectivity index is 2.58. The van der Waals surface area contributed by atoms with Crippen molar-refractivity contribution in [2.45, 2.75) is 0 Å². The first-order valence-corrected chi connectivity index (χ1v) is 5.53. The molecule has 0 unspecified atom stereocenters. The van der Waals surface area contributed by atoms with Crippen LogP contribution in [0.1, 0.15) is 0 Å². The van der Waals surface area contributed by atoms with Crippen molar-refractivity contribution in [3.63, 3.8) is 0 Å². The van der Waals surface area contributed by atoms with Crippen LogP contribution in [0.25, 0.3) is 11.1 Å². The van der Waals surface area contributed by atoms with Gasteiger partial charge in [-0.25, -0.2) is 0 Å². The van der Waals surface area contributed by atoms with Gasteiger partial charge in [-0.2, -0.15) is 0 Å². The van der Waals surface area contributed by atoms with Crippen LogP contribution in [0.5, 0.6) is 11.5 Å². The van der Waals surface area contributed by atoms with Gasteiger partial charge in [0.25, 0.3) is 0 Å². The fraction of sp³-hybridized carbons (Fsp3) is 0.143. The SMILES string of the molecule is COc1cccc(-c2cc(OC)cc(N)c2N)c1. The molecule has 0 saturated heterocycles. The zero-order valence-electron chi connectivity index (χ0n) is 10.4.